The molecule has 1 heterocycles. The number of aliphatic hydroxyl groups is 1. The van der Waals surface area contributed by atoms with Crippen LogP contribution in [0.1, 0.15) is 46.0 Å². The first-order valence-electron chi connectivity index (χ1n) is 9.19. The largest absolute Gasteiger partial charge is 0.478 e. The van der Waals surface area contributed by atoms with E-state index in [0.29, 0.717) is 43.6 Å². The van der Waals surface area contributed by atoms with Gasteiger partial charge in [-0.15, -0.1) is 0 Å². The number of aliphatic carboxylic acids is 1. The zero-order valence-corrected chi connectivity index (χ0v) is 15.2. The molecular formula is C20H26O6. The number of allylic oxidation sites excluding steroid dienone is 1. The second-order valence-corrected chi connectivity index (χ2v) is 8.29. The fourth-order valence-electron chi connectivity index (χ4n) is 5.39. The van der Waals surface area contributed by atoms with Gasteiger partial charge in [0, 0.05) is 17.1 Å². The number of aliphatic hydroxyl groups excluding tert-OH is 1. The normalized spacial score (nSPS) is 39.5. The van der Waals surface area contributed by atoms with Gasteiger partial charge in [-0.05, 0) is 61.0 Å². The molecule has 1 saturated heterocycles. The molecule has 0 bridgehead atoms. The lowest BCUT2D eigenvalue weighted by atomic mass is 9.46. The Morgan fingerprint density at radius 3 is 2.85 bits per heavy atom. The van der Waals surface area contributed by atoms with Gasteiger partial charge >= 0.3 is 11.9 Å². The molecular weight excluding hydrogens is 336 g/mol. The SMILES string of the molecule is C[C@H]1CC[C@@]23COC(=O)C2=C[C@H](O)C[C@@H]3[C@@]1(C)CC/C(C=O)=C\C(=O)O. The van der Waals surface area contributed by atoms with Crippen molar-refractivity contribution in [2.75, 3.05) is 6.61 Å². The molecule has 0 amide bonds. The molecule has 5 atom stereocenters. The Balaban J connectivity index is 1.93. The Bertz CT molecular complexity index is 692. The first kappa shape index (κ1) is 18.8. The monoisotopic (exact) mass is 362 g/mol. The number of esters is 1. The van der Waals surface area contributed by atoms with Crippen LogP contribution in [0.15, 0.2) is 23.3 Å². The number of aldehydes is 1. The Morgan fingerprint density at radius 1 is 1.46 bits per heavy atom. The van der Waals surface area contributed by atoms with Gasteiger partial charge < -0.3 is 14.9 Å². The lowest BCUT2D eigenvalue weighted by Gasteiger charge is -2.57. The number of cyclic esters (lactones) is 1. The summed E-state index contributed by atoms with van der Waals surface area (Å²) in [4.78, 5) is 34.3. The lowest BCUT2D eigenvalue weighted by Crippen LogP contribution is -2.53. The van der Waals surface area contributed by atoms with Crippen LogP contribution in [0.25, 0.3) is 0 Å². The summed E-state index contributed by atoms with van der Waals surface area (Å²) in [6.45, 7) is 4.66. The van der Waals surface area contributed by atoms with Gasteiger partial charge in [-0.1, -0.05) is 13.8 Å². The van der Waals surface area contributed by atoms with Crippen molar-refractivity contribution in [3.63, 3.8) is 0 Å². The van der Waals surface area contributed by atoms with Crippen LogP contribution >= 0.6 is 0 Å². The van der Waals surface area contributed by atoms with Gasteiger partial charge in [-0.2, -0.15) is 0 Å². The van der Waals surface area contributed by atoms with Crippen LogP contribution < -0.4 is 0 Å². The molecule has 6 nitrogen and oxygen atoms in total. The van der Waals surface area contributed by atoms with Gasteiger partial charge in [-0.3, -0.25) is 4.79 Å². The summed E-state index contributed by atoms with van der Waals surface area (Å²) in [5.74, 6) is -1.07. The van der Waals surface area contributed by atoms with Crippen LogP contribution in [-0.2, 0) is 19.1 Å². The first-order chi connectivity index (χ1) is 12.2. The van der Waals surface area contributed by atoms with Gasteiger partial charge in [0.2, 0.25) is 0 Å². The van der Waals surface area contributed by atoms with E-state index in [0.717, 1.165) is 18.9 Å². The van der Waals surface area contributed by atoms with Gasteiger partial charge in [0.15, 0.2) is 0 Å². The maximum absolute atomic E-state index is 12.2. The predicted molar refractivity (Wildman–Crippen MR) is 93.1 cm³/mol. The van der Waals surface area contributed by atoms with E-state index in [1.54, 1.807) is 6.08 Å². The van der Waals surface area contributed by atoms with Crippen LogP contribution in [-0.4, -0.2) is 41.1 Å². The van der Waals surface area contributed by atoms with Gasteiger partial charge in [0.25, 0.3) is 0 Å². The van der Waals surface area contributed by atoms with E-state index in [4.69, 9.17) is 9.84 Å². The second-order valence-electron chi connectivity index (χ2n) is 8.29. The van der Waals surface area contributed by atoms with Gasteiger partial charge in [0.1, 0.15) is 12.9 Å². The Hall–Kier alpha value is -1.95. The van der Waals surface area contributed by atoms with Crippen LogP contribution in [0, 0.1) is 22.7 Å². The molecule has 2 aliphatic carbocycles. The number of carbonyl (C=O) groups is 3. The molecule has 3 aliphatic rings. The number of rotatable bonds is 5. The molecule has 0 aromatic rings. The molecule has 2 fully saturated rings. The van der Waals surface area contributed by atoms with Crippen molar-refractivity contribution >= 4 is 18.2 Å². The van der Waals surface area contributed by atoms with Crippen LogP contribution in [0.2, 0.25) is 0 Å². The quantitative estimate of drug-likeness (QED) is 0.442. The van der Waals surface area contributed by atoms with Crippen LogP contribution in [0.4, 0.5) is 0 Å². The van der Waals surface area contributed by atoms with Crippen molar-refractivity contribution in [3.05, 3.63) is 23.3 Å². The third kappa shape index (κ3) is 2.90. The number of hydrogen-bond donors (Lipinski definition) is 2. The first-order valence-corrected chi connectivity index (χ1v) is 9.19. The average molecular weight is 362 g/mol. The molecule has 0 aromatic heterocycles. The molecule has 26 heavy (non-hydrogen) atoms. The molecule has 0 radical (unpaired) electrons. The minimum atomic E-state index is -1.13. The maximum Gasteiger partial charge on any atom is 0.334 e. The summed E-state index contributed by atoms with van der Waals surface area (Å²) in [6.07, 6.45) is 5.87. The summed E-state index contributed by atoms with van der Waals surface area (Å²) >= 11 is 0. The number of ether oxygens (including phenoxy) is 1. The number of carboxylic acid groups (broad SMARTS) is 1. The minimum absolute atomic E-state index is 0.0536. The molecule has 1 saturated carbocycles. The fourth-order valence-corrected chi connectivity index (χ4v) is 5.39. The maximum atomic E-state index is 12.2. The summed E-state index contributed by atoms with van der Waals surface area (Å²) in [7, 11) is 0. The highest BCUT2D eigenvalue weighted by molar-refractivity contribution is 5.93. The minimum Gasteiger partial charge on any atom is -0.478 e. The highest BCUT2D eigenvalue weighted by Crippen LogP contribution is 2.63. The van der Waals surface area contributed by atoms with Crippen LogP contribution in [0.3, 0.4) is 0 Å². The van der Waals surface area contributed by atoms with E-state index in [1.165, 1.54) is 0 Å². The summed E-state index contributed by atoms with van der Waals surface area (Å²) in [5.41, 5.74) is 0.274. The van der Waals surface area contributed by atoms with E-state index in [9.17, 15) is 19.5 Å². The molecule has 3 rings (SSSR count). The Labute approximate surface area is 152 Å². The summed E-state index contributed by atoms with van der Waals surface area (Å²) in [5, 5.41) is 19.3. The third-order valence-electron chi connectivity index (χ3n) is 7.08. The Kier molecular flexibility index (Phi) is 4.82. The van der Waals surface area contributed by atoms with Gasteiger partial charge in [-0.25, -0.2) is 9.59 Å². The zero-order chi connectivity index (χ0) is 19.1. The van der Waals surface area contributed by atoms with Crippen molar-refractivity contribution in [2.24, 2.45) is 22.7 Å². The number of hydrogen-bond acceptors (Lipinski definition) is 5. The van der Waals surface area contributed by atoms with Crippen molar-refractivity contribution in [2.45, 2.75) is 52.1 Å². The number of carbonyl (C=O) groups excluding carboxylic acids is 2. The van der Waals surface area contributed by atoms with Gasteiger partial charge in [0.05, 0.1) is 6.10 Å². The molecule has 2 N–H and O–H groups in total. The van der Waals surface area contributed by atoms with Crippen LogP contribution in [0.5, 0.6) is 0 Å². The smallest absolute Gasteiger partial charge is 0.334 e. The van der Waals surface area contributed by atoms with Crippen molar-refractivity contribution in [1.82, 2.24) is 0 Å². The summed E-state index contributed by atoms with van der Waals surface area (Å²) < 4.78 is 5.37. The van der Waals surface area contributed by atoms with E-state index >= 15 is 0 Å². The van der Waals surface area contributed by atoms with E-state index in [-0.39, 0.29) is 28.3 Å². The lowest BCUT2D eigenvalue weighted by molar-refractivity contribution is -0.135. The molecule has 0 unspecified atom stereocenters. The third-order valence-corrected chi connectivity index (χ3v) is 7.08. The molecule has 142 valence electrons. The fraction of sp³-hybridized carbons (Fsp3) is 0.650. The Morgan fingerprint density at radius 2 is 2.19 bits per heavy atom. The predicted octanol–water partition coefficient (Wildman–Crippen LogP) is 2.26. The summed E-state index contributed by atoms with van der Waals surface area (Å²) in [6, 6.07) is 0. The van der Waals surface area contributed by atoms with E-state index < -0.39 is 12.1 Å². The second kappa shape index (κ2) is 6.65. The molecule has 0 aromatic carbocycles. The molecule has 1 spiro atoms. The average Bonchev–Trinajstić information content (AvgIpc) is 2.91. The highest BCUT2D eigenvalue weighted by Gasteiger charge is 2.61. The van der Waals surface area contributed by atoms with Crippen molar-refractivity contribution < 1.29 is 29.3 Å². The standard InChI is InChI=1S/C20H26O6/c1-12-3-6-20-11-26-18(25)15(20)8-14(22)9-16(20)19(12,2)5-4-13(10-21)7-17(23)24/h7-8,10,12,14,16,22H,3-6,9,11H2,1-2H3,(H,23,24)/b13-7+/t12-,14-,16+,19-,20+/m0/s1. The van der Waals surface area contributed by atoms with E-state index in [1.807, 2.05) is 0 Å². The van der Waals surface area contributed by atoms with Crippen molar-refractivity contribution in [3.8, 4) is 0 Å². The topological polar surface area (TPSA) is 101 Å². The van der Waals surface area contributed by atoms with E-state index in [2.05, 4.69) is 13.8 Å². The van der Waals surface area contributed by atoms with Crippen molar-refractivity contribution in [1.29, 1.82) is 0 Å². The highest BCUT2D eigenvalue weighted by atomic mass is 16.5. The molecule has 6 heteroatoms. The zero-order valence-electron chi connectivity index (χ0n) is 15.2. The molecule has 1 aliphatic heterocycles. The number of carboxylic acids is 1.